The van der Waals surface area contributed by atoms with Crippen LogP contribution < -0.4 is 10.1 Å². The van der Waals surface area contributed by atoms with Gasteiger partial charge in [-0.15, -0.1) is 0 Å². The number of hydrogen-bond acceptors (Lipinski definition) is 3. The van der Waals surface area contributed by atoms with Crippen molar-refractivity contribution in [2.24, 2.45) is 0 Å². The molecule has 0 spiro atoms. The topological polar surface area (TPSA) is 49.9 Å². The molecule has 4 nitrogen and oxygen atoms in total. The molecule has 4 heteroatoms. The van der Waals surface area contributed by atoms with E-state index >= 15 is 0 Å². The van der Waals surface area contributed by atoms with E-state index in [4.69, 9.17) is 4.74 Å². The van der Waals surface area contributed by atoms with Gasteiger partial charge in [-0.05, 0) is 31.7 Å². The van der Waals surface area contributed by atoms with Gasteiger partial charge < -0.3 is 15.0 Å². The number of H-pyrrole nitrogens is 1. The van der Waals surface area contributed by atoms with E-state index in [2.05, 4.69) is 21.4 Å². The first kappa shape index (κ1) is 11.7. The van der Waals surface area contributed by atoms with Crippen LogP contribution in [-0.2, 0) is 0 Å². The van der Waals surface area contributed by atoms with Crippen LogP contribution >= 0.6 is 0 Å². The molecular weight excluding hydrogens is 214 g/mol. The highest BCUT2D eigenvalue weighted by Gasteiger charge is 2.14. The molecule has 0 aliphatic carbocycles. The van der Waals surface area contributed by atoms with E-state index in [9.17, 15) is 0 Å². The molecule has 1 atom stereocenters. The highest BCUT2D eigenvalue weighted by molar-refractivity contribution is 5.33. The largest absolute Gasteiger partial charge is 0.494 e. The third kappa shape index (κ3) is 2.65. The minimum atomic E-state index is 0.0606. The summed E-state index contributed by atoms with van der Waals surface area (Å²) in [6.07, 6.45) is 3.58. The fourth-order valence-electron chi connectivity index (χ4n) is 1.85. The minimum Gasteiger partial charge on any atom is -0.494 e. The second-order valence-electron chi connectivity index (χ2n) is 3.70. The number of ether oxygens (including phenoxy) is 1. The summed E-state index contributed by atoms with van der Waals surface area (Å²) in [6, 6.07) is 8.11. The van der Waals surface area contributed by atoms with Crippen molar-refractivity contribution in [2.75, 3.05) is 13.7 Å². The van der Waals surface area contributed by atoms with Crippen LogP contribution in [0.3, 0.4) is 0 Å². The number of benzene rings is 1. The summed E-state index contributed by atoms with van der Waals surface area (Å²) >= 11 is 0. The van der Waals surface area contributed by atoms with Gasteiger partial charge in [0.2, 0.25) is 0 Å². The Kier molecular flexibility index (Phi) is 3.77. The molecule has 2 rings (SSSR count). The van der Waals surface area contributed by atoms with Crippen molar-refractivity contribution in [3.05, 3.63) is 48.0 Å². The van der Waals surface area contributed by atoms with Gasteiger partial charge in [-0.2, -0.15) is 0 Å². The van der Waals surface area contributed by atoms with Crippen molar-refractivity contribution in [3.63, 3.8) is 0 Å². The van der Waals surface area contributed by atoms with Gasteiger partial charge in [0.25, 0.3) is 0 Å². The summed E-state index contributed by atoms with van der Waals surface area (Å²) in [6.45, 7) is 2.66. The lowest BCUT2D eigenvalue weighted by molar-refractivity contribution is 0.339. The molecule has 0 amide bonds. The molecule has 90 valence electrons. The lowest BCUT2D eigenvalue weighted by atomic mass is 10.1. The Morgan fingerprint density at radius 1 is 1.47 bits per heavy atom. The van der Waals surface area contributed by atoms with Gasteiger partial charge in [0.15, 0.2) is 0 Å². The zero-order valence-electron chi connectivity index (χ0n) is 10.1. The molecule has 17 heavy (non-hydrogen) atoms. The molecule has 0 aliphatic rings. The minimum absolute atomic E-state index is 0.0606. The molecule has 1 unspecified atom stereocenters. The Hall–Kier alpha value is -1.81. The monoisotopic (exact) mass is 231 g/mol. The first-order chi connectivity index (χ1) is 8.35. The highest BCUT2D eigenvalue weighted by atomic mass is 16.5. The summed E-state index contributed by atoms with van der Waals surface area (Å²) in [4.78, 5) is 7.40. The number of imidazole rings is 1. The van der Waals surface area contributed by atoms with Crippen LogP contribution in [0.25, 0.3) is 0 Å². The van der Waals surface area contributed by atoms with Crippen molar-refractivity contribution in [1.82, 2.24) is 15.3 Å². The van der Waals surface area contributed by atoms with Crippen LogP contribution in [0.1, 0.15) is 24.4 Å². The van der Waals surface area contributed by atoms with Gasteiger partial charge in [-0.25, -0.2) is 4.98 Å². The van der Waals surface area contributed by atoms with Crippen LogP contribution in [0.5, 0.6) is 5.75 Å². The predicted octanol–water partition coefficient (Wildman–Crippen LogP) is 2.12. The average Bonchev–Trinajstić information content (AvgIpc) is 2.85. The lowest BCUT2D eigenvalue weighted by Crippen LogP contribution is -2.19. The van der Waals surface area contributed by atoms with Crippen LogP contribution in [0, 0.1) is 0 Å². The maximum Gasteiger partial charge on any atom is 0.127 e. The average molecular weight is 231 g/mol. The first-order valence-electron chi connectivity index (χ1n) is 5.74. The Bertz CT molecular complexity index is 453. The van der Waals surface area contributed by atoms with Crippen molar-refractivity contribution >= 4 is 0 Å². The maximum atomic E-state index is 5.50. The van der Waals surface area contributed by atoms with E-state index in [-0.39, 0.29) is 6.04 Å². The van der Waals surface area contributed by atoms with E-state index in [1.54, 1.807) is 6.20 Å². The lowest BCUT2D eigenvalue weighted by Gasteiger charge is -2.15. The number of nitrogens with one attached hydrogen (secondary N) is 2. The molecule has 2 N–H and O–H groups in total. The van der Waals surface area contributed by atoms with Crippen molar-refractivity contribution in [2.45, 2.75) is 13.0 Å². The molecule has 0 saturated carbocycles. The fourth-order valence-corrected chi connectivity index (χ4v) is 1.85. The van der Waals surface area contributed by atoms with Gasteiger partial charge in [-0.1, -0.05) is 12.1 Å². The summed E-state index contributed by atoms with van der Waals surface area (Å²) in [5.41, 5.74) is 1.13. The molecule has 0 saturated heterocycles. The summed E-state index contributed by atoms with van der Waals surface area (Å²) in [5, 5.41) is 3.24. The second-order valence-corrected chi connectivity index (χ2v) is 3.70. The van der Waals surface area contributed by atoms with Crippen molar-refractivity contribution in [3.8, 4) is 5.75 Å². The van der Waals surface area contributed by atoms with Gasteiger partial charge >= 0.3 is 0 Å². The standard InChI is InChI=1S/C13H17N3O/c1-3-17-11-6-4-5-10(9-11)12(14-2)13-15-7-8-16-13/h4-9,12,14H,3H2,1-2H3,(H,15,16). The second kappa shape index (κ2) is 5.50. The smallest absolute Gasteiger partial charge is 0.127 e. The number of aromatic amines is 1. The fraction of sp³-hybridized carbons (Fsp3) is 0.308. The third-order valence-corrected chi connectivity index (χ3v) is 2.58. The molecule has 1 aromatic carbocycles. The Labute approximate surface area is 101 Å². The number of aromatic nitrogens is 2. The van der Waals surface area contributed by atoms with Crippen LogP contribution in [0.15, 0.2) is 36.7 Å². The Morgan fingerprint density at radius 3 is 3.00 bits per heavy atom. The molecule has 2 aromatic rings. The van der Waals surface area contributed by atoms with Crippen molar-refractivity contribution in [1.29, 1.82) is 0 Å². The highest BCUT2D eigenvalue weighted by Crippen LogP contribution is 2.22. The van der Waals surface area contributed by atoms with E-state index in [1.807, 2.05) is 38.4 Å². The quantitative estimate of drug-likeness (QED) is 0.828. The number of nitrogens with zero attached hydrogens (tertiary/aromatic N) is 1. The Morgan fingerprint density at radius 2 is 2.35 bits per heavy atom. The van der Waals surface area contributed by atoms with Crippen LogP contribution in [-0.4, -0.2) is 23.6 Å². The van der Waals surface area contributed by atoms with E-state index in [0.717, 1.165) is 17.1 Å². The summed E-state index contributed by atoms with van der Waals surface area (Å²) in [5.74, 6) is 1.79. The van der Waals surface area contributed by atoms with Gasteiger partial charge in [0.05, 0.1) is 12.6 Å². The van der Waals surface area contributed by atoms with E-state index in [0.29, 0.717) is 6.61 Å². The molecule has 1 aromatic heterocycles. The van der Waals surface area contributed by atoms with Gasteiger partial charge in [-0.3, -0.25) is 0 Å². The van der Waals surface area contributed by atoms with Crippen LogP contribution in [0.4, 0.5) is 0 Å². The Balaban J connectivity index is 2.28. The molecule has 1 heterocycles. The zero-order valence-corrected chi connectivity index (χ0v) is 10.1. The van der Waals surface area contributed by atoms with E-state index in [1.165, 1.54) is 0 Å². The number of rotatable bonds is 5. The summed E-state index contributed by atoms with van der Waals surface area (Å²) in [7, 11) is 1.92. The molecule has 0 radical (unpaired) electrons. The van der Waals surface area contributed by atoms with Gasteiger partial charge in [0.1, 0.15) is 11.6 Å². The first-order valence-corrected chi connectivity index (χ1v) is 5.74. The molecule has 0 bridgehead atoms. The van der Waals surface area contributed by atoms with Gasteiger partial charge in [0, 0.05) is 12.4 Å². The SMILES string of the molecule is CCOc1cccc(C(NC)c2ncc[nH]2)c1. The molecular formula is C13H17N3O. The molecule has 0 aliphatic heterocycles. The normalized spacial score (nSPS) is 12.4. The predicted molar refractivity (Wildman–Crippen MR) is 67.1 cm³/mol. The summed E-state index contributed by atoms with van der Waals surface area (Å²) < 4.78 is 5.50. The molecule has 0 fully saturated rings. The van der Waals surface area contributed by atoms with E-state index < -0.39 is 0 Å². The number of hydrogen-bond donors (Lipinski definition) is 2. The van der Waals surface area contributed by atoms with Crippen molar-refractivity contribution < 1.29 is 4.74 Å². The van der Waals surface area contributed by atoms with Crippen LogP contribution in [0.2, 0.25) is 0 Å². The zero-order chi connectivity index (χ0) is 12.1. The maximum absolute atomic E-state index is 5.50. The third-order valence-electron chi connectivity index (χ3n) is 2.58.